The van der Waals surface area contributed by atoms with Crippen LogP contribution in [0.3, 0.4) is 0 Å². The molecule has 6 rings (SSSR count). The molecule has 68 heavy (non-hydrogen) atoms. The van der Waals surface area contributed by atoms with Gasteiger partial charge in [0.1, 0.15) is 23.3 Å². The number of nitrogens with two attached hydrogens (primary N) is 6. The largest absolute Gasteiger partial charge is 0.476 e. The lowest BCUT2D eigenvalue weighted by atomic mass is 10.0. The van der Waals surface area contributed by atoms with Gasteiger partial charge in [-0.1, -0.05) is 97.1 Å². The van der Waals surface area contributed by atoms with Crippen molar-refractivity contribution in [3.63, 3.8) is 0 Å². The summed E-state index contributed by atoms with van der Waals surface area (Å²) in [5.41, 5.74) is 37.7. The smallest absolute Gasteiger partial charge is 0.358 e. The molecule has 23 nitrogen and oxygen atoms in total. The van der Waals surface area contributed by atoms with Crippen LogP contribution in [-0.4, -0.2) is 77.1 Å². The number of amidine groups is 4. The molecule has 0 saturated heterocycles. The molecule has 0 aliphatic heterocycles. The summed E-state index contributed by atoms with van der Waals surface area (Å²) in [5, 5.41) is 57.1. The number of nitrogens with one attached hydrogen (secondary N) is 7. The number of hydrogen-bond donors (Lipinski definition) is 15. The number of nitrogen functional groups attached to an aromatic ring is 6. The predicted molar refractivity (Wildman–Crippen MR) is 255 cm³/mol. The number of rotatable bonds is 19. The van der Waals surface area contributed by atoms with Gasteiger partial charge >= 0.3 is 11.9 Å². The Bertz CT molecular complexity index is 2710. The fourth-order valence-corrected chi connectivity index (χ4v) is 6.09. The highest BCUT2D eigenvalue weighted by Crippen LogP contribution is 2.21. The number of carboxylic acid groups (broad SMARTS) is 2. The second kappa shape index (κ2) is 22.2. The van der Waals surface area contributed by atoms with Gasteiger partial charge in [0.2, 0.25) is 0 Å². The van der Waals surface area contributed by atoms with E-state index in [9.17, 15) is 29.4 Å². The maximum Gasteiger partial charge on any atom is 0.358 e. The van der Waals surface area contributed by atoms with Crippen molar-refractivity contribution in [3.8, 4) is 0 Å². The number of ketones is 1. The third-order valence-electron chi connectivity index (χ3n) is 9.80. The minimum absolute atomic E-state index is 0.0313. The average molecular weight is 922 g/mol. The van der Waals surface area contributed by atoms with Gasteiger partial charge in [-0.25, -0.2) is 29.5 Å². The maximum absolute atomic E-state index is 12.6. The van der Waals surface area contributed by atoms with Crippen LogP contribution in [0.1, 0.15) is 92.9 Å². The van der Waals surface area contributed by atoms with Gasteiger partial charge in [0.15, 0.2) is 51.8 Å². The van der Waals surface area contributed by atoms with E-state index in [2.05, 4.69) is 35.9 Å². The molecule has 0 unspecified atom stereocenters. The number of aryl methyl sites for hydroxylation is 1. The molecule has 0 aliphatic carbocycles. The van der Waals surface area contributed by atoms with Crippen molar-refractivity contribution in [2.24, 2.45) is 22.9 Å². The Hall–Kier alpha value is -9.80. The lowest BCUT2D eigenvalue weighted by molar-refractivity contribution is 0.0673. The Morgan fingerprint density at radius 3 is 1.13 bits per heavy atom. The van der Waals surface area contributed by atoms with Crippen LogP contribution in [0, 0.1) is 21.6 Å². The van der Waals surface area contributed by atoms with E-state index >= 15 is 0 Å². The standard InChI is InChI=1S/C23H25N9O2.C22H22N8O4/c24-19(25)14-6-1-12(2-7-14)5-10-16(33)17-21(28)32-18(22(29)31-17)23(34)30-11-13-3-8-15(9-4-13)20(26)27;23-17(24)13-5-1-11(2-6-13)9-27-19-15(21(31)32)30-20(16(29-19)22(33)34)28-10-12-3-7-14(8-4-12)18(25)26/h1-4,6-9H,5,10-11H2,(H3,24,25)(H3,26,27)(H2,28,32)(H2,29,31)(H,30,34);1-8H,9-10H2,(H3,23,24)(H3,25,26)(H,27,29)(H,28,30)(H,31,32)(H,33,34). The van der Waals surface area contributed by atoms with E-state index in [1.807, 2.05) is 0 Å². The van der Waals surface area contributed by atoms with Crippen LogP contribution in [0.4, 0.5) is 23.3 Å². The lowest BCUT2D eigenvalue weighted by Gasteiger charge is -2.14. The third-order valence-corrected chi connectivity index (χ3v) is 9.80. The molecule has 0 saturated carbocycles. The molecule has 0 aliphatic rings. The monoisotopic (exact) mass is 921 g/mol. The minimum atomic E-state index is -1.38. The SMILES string of the molecule is N=C(N)c1ccc(CCC(=O)c2nc(N)c(C(=O)NCc3ccc(C(=N)N)cc3)nc2N)cc1.N=C(N)c1ccc(CNc2nc(C(=O)O)c(NCc3ccc(C(=N)N)cc3)nc2C(=O)O)cc1. The van der Waals surface area contributed by atoms with Gasteiger partial charge in [0, 0.05) is 48.3 Å². The van der Waals surface area contributed by atoms with E-state index in [4.69, 9.17) is 56.0 Å². The molecular weight excluding hydrogens is 875 g/mol. The van der Waals surface area contributed by atoms with Crippen molar-refractivity contribution in [2.45, 2.75) is 32.5 Å². The molecule has 348 valence electrons. The second-order valence-corrected chi connectivity index (χ2v) is 14.7. The molecule has 0 bridgehead atoms. The molecule has 2 heterocycles. The Kier molecular flexibility index (Phi) is 16.1. The molecule has 0 radical (unpaired) electrons. The molecular formula is C45H47N17O6. The molecule has 4 aromatic carbocycles. The normalized spacial score (nSPS) is 10.4. The molecule has 0 fully saturated rings. The van der Waals surface area contributed by atoms with Crippen LogP contribution < -0.4 is 50.4 Å². The first kappa shape index (κ1) is 49.2. The zero-order valence-corrected chi connectivity index (χ0v) is 36.1. The topological polar surface area (TPSA) is 448 Å². The van der Waals surface area contributed by atoms with Crippen molar-refractivity contribution in [3.05, 3.63) is 164 Å². The number of anilines is 4. The molecule has 0 atom stereocenters. The van der Waals surface area contributed by atoms with E-state index in [1.165, 1.54) is 0 Å². The predicted octanol–water partition coefficient (Wildman–Crippen LogP) is 2.62. The van der Waals surface area contributed by atoms with Gasteiger partial charge in [-0.05, 0) is 28.7 Å². The van der Waals surface area contributed by atoms with E-state index in [1.54, 1.807) is 97.1 Å². The van der Waals surface area contributed by atoms with E-state index in [-0.39, 0.29) is 89.8 Å². The number of hydrogen-bond acceptors (Lipinski definition) is 16. The number of amides is 1. The first-order chi connectivity index (χ1) is 32.3. The summed E-state index contributed by atoms with van der Waals surface area (Å²) in [5.74, 6) is -4.72. The van der Waals surface area contributed by atoms with Crippen molar-refractivity contribution >= 4 is 70.2 Å². The summed E-state index contributed by atoms with van der Waals surface area (Å²) in [7, 11) is 0. The van der Waals surface area contributed by atoms with Crippen molar-refractivity contribution in [1.29, 1.82) is 21.6 Å². The van der Waals surface area contributed by atoms with E-state index in [0.717, 1.165) is 22.3 Å². The maximum atomic E-state index is 12.6. The Morgan fingerprint density at radius 2 is 0.779 bits per heavy atom. The highest BCUT2D eigenvalue weighted by Gasteiger charge is 2.23. The molecule has 6 aromatic rings. The van der Waals surface area contributed by atoms with Crippen LogP contribution >= 0.6 is 0 Å². The van der Waals surface area contributed by atoms with E-state index in [0.29, 0.717) is 28.7 Å². The van der Waals surface area contributed by atoms with Crippen molar-refractivity contribution < 1.29 is 29.4 Å². The third kappa shape index (κ3) is 13.1. The van der Waals surface area contributed by atoms with Gasteiger partial charge in [-0.2, -0.15) is 0 Å². The summed E-state index contributed by atoms with van der Waals surface area (Å²) in [6.45, 7) is 0.462. The number of aromatic nitrogens is 4. The summed E-state index contributed by atoms with van der Waals surface area (Å²) in [6.07, 6.45) is 0.530. The number of carbonyl (C=O) groups excluding carboxylic acids is 2. The highest BCUT2D eigenvalue weighted by atomic mass is 16.4. The fraction of sp³-hybridized carbons (Fsp3) is 0.111. The number of aromatic carboxylic acids is 2. The zero-order valence-electron chi connectivity index (χ0n) is 36.1. The molecule has 23 heteroatoms. The number of Topliss-reactive ketones (excluding diaryl/α,β-unsaturated/α-hetero) is 1. The Morgan fingerprint density at radius 1 is 0.456 bits per heavy atom. The van der Waals surface area contributed by atoms with Gasteiger partial charge < -0.3 is 60.6 Å². The van der Waals surface area contributed by atoms with Crippen molar-refractivity contribution in [2.75, 3.05) is 22.1 Å². The fourth-order valence-electron chi connectivity index (χ4n) is 6.09. The van der Waals surface area contributed by atoms with Gasteiger partial charge in [-0.3, -0.25) is 31.2 Å². The Balaban J connectivity index is 0.000000254. The first-order valence-corrected chi connectivity index (χ1v) is 20.1. The summed E-state index contributed by atoms with van der Waals surface area (Å²) in [6, 6.07) is 27.2. The minimum Gasteiger partial charge on any atom is -0.476 e. The summed E-state index contributed by atoms with van der Waals surface area (Å²) >= 11 is 0. The zero-order chi connectivity index (χ0) is 49.7. The molecule has 21 N–H and O–H groups in total. The number of carbonyl (C=O) groups is 4. The first-order valence-electron chi connectivity index (χ1n) is 20.1. The lowest BCUT2D eigenvalue weighted by Crippen LogP contribution is -2.26. The van der Waals surface area contributed by atoms with Gasteiger partial charge in [-0.15, -0.1) is 0 Å². The summed E-state index contributed by atoms with van der Waals surface area (Å²) in [4.78, 5) is 64.7. The molecule has 0 spiro atoms. The van der Waals surface area contributed by atoms with Crippen LogP contribution in [0.2, 0.25) is 0 Å². The van der Waals surface area contributed by atoms with Crippen LogP contribution in [-0.2, 0) is 26.1 Å². The number of benzene rings is 4. The summed E-state index contributed by atoms with van der Waals surface area (Å²) < 4.78 is 0. The number of nitrogens with zero attached hydrogens (tertiary/aromatic N) is 4. The quantitative estimate of drug-likeness (QED) is 0.0315. The second-order valence-electron chi connectivity index (χ2n) is 14.7. The van der Waals surface area contributed by atoms with Gasteiger partial charge in [0.05, 0.1) is 0 Å². The Labute approximate surface area is 387 Å². The molecule has 2 aromatic heterocycles. The molecule has 1 amide bonds. The van der Waals surface area contributed by atoms with Crippen LogP contribution in [0.25, 0.3) is 0 Å². The van der Waals surface area contributed by atoms with Crippen LogP contribution in [0.15, 0.2) is 97.1 Å². The number of carboxylic acids is 2. The van der Waals surface area contributed by atoms with E-state index < -0.39 is 29.2 Å². The highest BCUT2D eigenvalue weighted by molar-refractivity contribution is 6.02. The van der Waals surface area contributed by atoms with Crippen LogP contribution in [0.5, 0.6) is 0 Å². The average Bonchev–Trinajstić information content (AvgIpc) is 3.32. The van der Waals surface area contributed by atoms with Gasteiger partial charge in [0.25, 0.3) is 5.91 Å². The van der Waals surface area contributed by atoms with Crippen molar-refractivity contribution in [1.82, 2.24) is 25.3 Å².